The second kappa shape index (κ2) is 7.75. The summed E-state index contributed by atoms with van der Waals surface area (Å²) < 4.78 is 19.5. The standard InChI is InChI=1S/C15H22BrFN2O2/c1-10(19-14(20)21-15(2,3)4)8-18-9-11-7-12(16)5-6-13(11)17/h5-7,10,18H,8-9H2,1-4H3,(H,19,20). The summed E-state index contributed by atoms with van der Waals surface area (Å²) in [6.45, 7) is 8.20. The van der Waals surface area contributed by atoms with Crippen molar-refractivity contribution in [3.05, 3.63) is 34.1 Å². The first-order valence-corrected chi connectivity index (χ1v) is 7.61. The summed E-state index contributed by atoms with van der Waals surface area (Å²) in [5.74, 6) is -0.251. The monoisotopic (exact) mass is 360 g/mol. The van der Waals surface area contributed by atoms with Crippen LogP contribution in [0.1, 0.15) is 33.3 Å². The third kappa shape index (κ3) is 7.43. The molecular formula is C15H22BrFN2O2. The molecule has 0 fully saturated rings. The van der Waals surface area contributed by atoms with Gasteiger partial charge >= 0.3 is 6.09 Å². The van der Waals surface area contributed by atoms with Crippen molar-refractivity contribution in [3.63, 3.8) is 0 Å². The summed E-state index contributed by atoms with van der Waals surface area (Å²) in [4.78, 5) is 11.6. The number of hydrogen-bond acceptors (Lipinski definition) is 3. The van der Waals surface area contributed by atoms with Crippen LogP contribution in [0.4, 0.5) is 9.18 Å². The number of carbonyl (C=O) groups is 1. The largest absolute Gasteiger partial charge is 0.444 e. The van der Waals surface area contributed by atoms with Crippen LogP contribution in [-0.2, 0) is 11.3 Å². The molecule has 0 radical (unpaired) electrons. The van der Waals surface area contributed by atoms with Crippen LogP contribution in [0.2, 0.25) is 0 Å². The lowest BCUT2D eigenvalue weighted by molar-refractivity contribution is 0.0508. The molecule has 0 saturated heterocycles. The van der Waals surface area contributed by atoms with Gasteiger partial charge in [0.2, 0.25) is 0 Å². The number of halogens is 2. The Labute approximate surface area is 133 Å². The number of alkyl carbamates (subject to hydrolysis) is 1. The van der Waals surface area contributed by atoms with Gasteiger partial charge in [-0.3, -0.25) is 0 Å². The van der Waals surface area contributed by atoms with Gasteiger partial charge in [-0.15, -0.1) is 0 Å². The summed E-state index contributed by atoms with van der Waals surface area (Å²) in [6.07, 6.45) is -0.453. The van der Waals surface area contributed by atoms with Crippen molar-refractivity contribution in [2.45, 2.75) is 45.9 Å². The van der Waals surface area contributed by atoms with Crippen molar-refractivity contribution in [1.82, 2.24) is 10.6 Å². The van der Waals surface area contributed by atoms with Gasteiger partial charge in [0.25, 0.3) is 0 Å². The van der Waals surface area contributed by atoms with Crippen LogP contribution in [0.5, 0.6) is 0 Å². The summed E-state index contributed by atoms with van der Waals surface area (Å²) >= 11 is 3.31. The third-order valence-corrected chi connectivity index (χ3v) is 3.03. The Morgan fingerprint density at radius 3 is 2.71 bits per heavy atom. The zero-order chi connectivity index (χ0) is 16.0. The molecule has 0 heterocycles. The summed E-state index contributed by atoms with van der Waals surface area (Å²) in [5.41, 5.74) is 0.0604. The molecule has 1 aromatic rings. The molecule has 0 aromatic heterocycles. The van der Waals surface area contributed by atoms with Gasteiger partial charge in [0.15, 0.2) is 0 Å². The highest BCUT2D eigenvalue weighted by Crippen LogP contribution is 2.15. The zero-order valence-corrected chi connectivity index (χ0v) is 14.4. The van der Waals surface area contributed by atoms with Gasteiger partial charge in [-0.25, -0.2) is 9.18 Å². The van der Waals surface area contributed by atoms with Gasteiger partial charge < -0.3 is 15.4 Å². The first-order chi connectivity index (χ1) is 9.67. The highest BCUT2D eigenvalue weighted by molar-refractivity contribution is 9.10. The Morgan fingerprint density at radius 1 is 1.43 bits per heavy atom. The molecule has 6 heteroatoms. The van der Waals surface area contributed by atoms with Crippen molar-refractivity contribution in [2.24, 2.45) is 0 Å². The second-order valence-corrected chi connectivity index (χ2v) is 6.83. The molecule has 21 heavy (non-hydrogen) atoms. The van der Waals surface area contributed by atoms with Crippen LogP contribution in [0.25, 0.3) is 0 Å². The van der Waals surface area contributed by atoms with E-state index in [1.807, 2.05) is 27.7 Å². The fraction of sp³-hybridized carbons (Fsp3) is 0.533. The number of hydrogen-bond donors (Lipinski definition) is 2. The summed E-state index contributed by atoms with van der Waals surface area (Å²) in [7, 11) is 0. The van der Waals surface area contributed by atoms with E-state index in [0.717, 1.165) is 4.47 Å². The fourth-order valence-corrected chi connectivity index (χ4v) is 2.07. The highest BCUT2D eigenvalue weighted by Gasteiger charge is 2.17. The minimum atomic E-state index is -0.517. The highest BCUT2D eigenvalue weighted by atomic mass is 79.9. The summed E-state index contributed by atoms with van der Waals surface area (Å²) in [6, 6.07) is 4.69. The van der Waals surface area contributed by atoms with Crippen LogP contribution in [0.15, 0.2) is 22.7 Å². The molecular weight excluding hydrogens is 339 g/mol. The van der Waals surface area contributed by atoms with E-state index < -0.39 is 11.7 Å². The average molecular weight is 361 g/mol. The normalized spacial score (nSPS) is 12.9. The lowest BCUT2D eigenvalue weighted by Crippen LogP contribution is -2.42. The smallest absolute Gasteiger partial charge is 0.407 e. The van der Waals surface area contributed by atoms with E-state index >= 15 is 0 Å². The van der Waals surface area contributed by atoms with E-state index in [1.54, 1.807) is 12.1 Å². The lowest BCUT2D eigenvalue weighted by Gasteiger charge is -2.22. The third-order valence-electron chi connectivity index (χ3n) is 2.54. The second-order valence-electron chi connectivity index (χ2n) is 5.91. The van der Waals surface area contributed by atoms with Gasteiger partial charge in [0, 0.05) is 29.2 Å². The first kappa shape index (κ1) is 17.9. The Bertz CT molecular complexity index is 489. The van der Waals surface area contributed by atoms with E-state index in [-0.39, 0.29) is 11.9 Å². The number of rotatable bonds is 5. The minimum absolute atomic E-state index is 0.116. The summed E-state index contributed by atoms with van der Waals surface area (Å²) in [5, 5.41) is 5.83. The van der Waals surface area contributed by atoms with Crippen LogP contribution >= 0.6 is 15.9 Å². The maximum atomic E-state index is 13.5. The zero-order valence-electron chi connectivity index (χ0n) is 12.8. The van der Waals surface area contributed by atoms with Crippen molar-refractivity contribution in [3.8, 4) is 0 Å². The van der Waals surface area contributed by atoms with Crippen LogP contribution < -0.4 is 10.6 Å². The maximum Gasteiger partial charge on any atom is 0.407 e. The van der Waals surface area contributed by atoms with Gasteiger partial charge in [0.05, 0.1) is 0 Å². The fourth-order valence-electron chi connectivity index (χ4n) is 1.66. The number of nitrogens with one attached hydrogen (secondary N) is 2. The van der Waals surface area contributed by atoms with Crippen LogP contribution in [0.3, 0.4) is 0 Å². The molecule has 2 N–H and O–H groups in total. The molecule has 0 saturated carbocycles. The molecule has 1 aromatic carbocycles. The molecule has 1 atom stereocenters. The van der Waals surface area contributed by atoms with E-state index in [9.17, 15) is 9.18 Å². The average Bonchev–Trinajstić information content (AvgIpc) is 2.31. The predicted molar refractivity (Wildman–Crippen MR) is 84.6 cm³/mol. The Morgan fingerprint density at radius 2 is 2.10 bits per heavy atom. The minimum Gasteiger partial charge on any atom is -0.444 e. The maximum absolute atomic E-state index is 13.5. The molecule has 4 nitrogen and oxygen atoms in total. The Balaban J connectivity index is 2.35. The lowest BCUT2D eigenvalue weighted by atomic mass is 10.2. The van der Waals surface area contributed by atoms with Crippen molar-refractivity contribution in [1.29, 1.82) is 0 Å². The first-order valence-electron chi connectivity index (χ1n) is 6.81. The number of carbonyl (C=O) groups excluding carboxylic acids is 1. The Hall–Kier alpha value is -1.14. The van der Waals surface area contributed by atoms with Crippen LogP contribution in [0, 0.1) is 5.82 Å². The van der Waals surface area contributed by atoms with Gasteiger partial charge in [-0.05, 0) is 45.9 Å². The molecule has 1 amide bonds. The van der Waals surface area contributed by atoms with Crippen molar-refractivity contribution < 1.29 is 13.9 Å². The molecule has 0 bridgehead atoms. The SMILES string of the molecule is CC(CNCc1cc(Br)ccc1F)NC(=O)OC(C)(C)C. The van der Waals surface area contributed by atoms with Crippen molar-refractivity contribution in [2.75, 3.05) is 6.54 Å². The topological polar surface area (TPSA) is 50.4 Å². The quantitative estimate of drug-likeness (QED) is 0.843. The Kier molecular flexibility index (Phi) is 6.61. The number of benzene rings is 1. The molecule has 0 spiro atoms. The molecule has 0 aliphatic rings. The van der Waals surface area contributed by atoms with E-state index in [2.05, 4.69) is 26.6 Å². The molecule has 118 valence electrons. The van der Waals surface area contributed by atoms with E-state index in [1.165, 1.54) is 6.07 Å². The number of ether oxygens (including phenoxy) is 1. The van der Waals surface area contributed by atoms with Crippen molar-refractivity contribution >= 4 is 22.0 Å². The molecule has 1 unspecified atom stereocenters. The van der Waals surface area contributed by atoms with Gasteiger partial charge in [-0.1, -0.05) is 15.9 Å². The molecule has 0 aliphatic heterocycles. The number of amides is 1. The van der Waals surface area contributed by atoms with E-state index in [0.29, 0.717) is 18.7 Å². The molecule has 0 aliphatic carbocycles. The van der Waals surface area contributed by atoms with Gasteiger partial charge in [-0.2, -0.15) is 0 Å². The van der Waals surface area contributed by atoms with Crippen LogP contribution in [-0.4, -0.2) is 24.3 Å². The predicted octanol–water partition coefficient (Wildman–Crippen LogP) is 3.59. The van der Waals surface area contributed by atoms with Gasteiger partial charge in [0.1, 0.15) is 11.4 Å². The van der Waals surface area contributed by atoms with E-state index in [4.69, 9.17) is 4.74 Å². The molecule has 1 rings (SSSR count).